The molecule has 5 nitrogen and oxygen atoms in total. The van der Waals surface area contributed by atoms with Crippen LogP contribution < -0.4 is 5.73 Å². The fourth-order valence-electron chi connectivity index (χ4n) is 2.31. The van der Waals surface area contributed by atoms with Crippen molar-refractivity contribution >= 4 is 5.69 Å². The van der Waals surface area contributed by atoms with Crippen LogP contribution >= 0.6 is 0 Å². The van der Waals surface area contributed by atoms with Crippen LogP contribution in [0.15, 0.2) is 18.2 Å². The Bertz CT molecular complexity index is 575. The first-order chi connectivity index (χ1) is 9.52. The second-order valence-corrected chi connectivity index (χ2v) is 5.62. The van der Waals surface area contributed by atoms with Crippen LogP contribution in [0, 0.1) is 12.8 Å². The quantitative estimate of drug-likeness (QED) is 0.849. The molecule has 0 spiro atoms. The fourth-order valence-corrected chi connectivity index (χ4v) is 2.31. The maximum Gasteiger partial charge on any atom is 0.182 e. The molecular weight excluding hydrogens is 250 g/mol. The zero-order valence-electron chi connectivity index (χ0n) is 12.7. The lowest BCUT2D eigenvalue weighted by Crippen LogP contribution is -2.12. The van der Waals surface area contributed by atoms with Crippen molar-refractivity contribution in [3.8, 4) is 11.4 Å². The number of hydrogen-bond acceptors (Lipinski definition) is 4. The number of aryl methyl sites for hydroxylation is 1. The Kier molecular flexibility index (Phi) is 4.37. The van der Waals surface area contributed by atoms with Crippen LogP contribution in [-0.2, 0) is 0 Å². The summed E-state index contributed by atoms with van der Waals surface area (Å²) in [6.07, 6.45) is 2.23. The van der Waals surface area contributed by atoms with Crippen LogP contribution in [0.1, 0.15) is 45.2 Å². The van der Waals surface area contributed by atoms with E-state index in [-0.39, 0.29) is 6.04 Å². The van der Waals surface area contributed by atoms with Gasteiger partial charge in [-0.25, -0.2) is 4.68 Å². The molecule has 2 N–H and O–H groups in total. The summed E-state index contributed by atoms with van der Waals surface area (Å²) in [4.78, 5) is 0. The zero-order valence-corrected chi connectivity index (χ0v) is 12.7. The van der Waals surface area contributed by atoms with Crippen LogP contribution in [0.5, 0.6) is 0 Å². The lowest BCUT2D eigenvalue weighted by molar-refractivity contribution is 0.371. The first-order valence-corrected chi connectivity index (χ1v) is 7.17. The van der Waals surface area contributed by atoms with Gasteiger partial charge in [0.05, 0.1) is 6.04 Å². The van der Waals surface area contributed by atoms with Crippen molar-refractivity contribution in [3.63, 3.8) is 0 Å². The normalized spacial score (nSPS) is 14.2. The van der Waals surface area contributed by atoms with Crippen molar-refractivity contribution < 1.29 is 0 Å². The van der Waals surface area contributed by atoms with E-state index in [4.69, 9.17) is 5.73 Å². The molecule has 0 saturated heterocycles. The van der Waals surface area contributed by atoms with Crippen LogP contribution in [0.25, 0.3) is 11.4 Å². The third-order valence-electron chi connectivity index (χ3n) is 3.89. The molecule has 0 radical (unpaired) electrons. The molecule has 2 atom stereocenters. The average Bonchev–Trinajstić information content (AvgIpc) is 2.91. The fraction of sp³-hybridized carbons (Fsp3) is 0.533. The van der Waals surface area contributed by atoms with E-state index >= 15 is 0 Å². The van der Waals surface area contributed by atoms with Gasteiger partial charge in [0.1, 0.15) is 0 Å². The summed E-state index contributed by atoms with van der Waals surface area (Å²) in [6.45, 7) is 8.61. The summed E-state index contributed by atoms with van der Waals surface area (Å²) in [7, 11) is 0. The predicted molar refractivity (Wildman–Crippen MR) is 81.2 cm³/mol. The molecule has 2 aromatic rings. The van der Waals surface area contributed by atoms with E-state index < -0.39 is 0 Å². The summed E-state index contributed by atoms with van der Waals surface area (Å²) >= 11 is 0. The molecule has 1 heterocycles. The molecule has 5 heteroatoms. The Labute approximate surface area is 120 Å². The topological polar surface area (TPSA) is 69.6 Å². The highest BCUT2D eigenvalue weighted by Crippen LogP contribution is 2.26. The summed E-state index contributed by atoms with van der Waals surface area (Å²) in [5.74, 6) is 1.44. The van der Waals surface area contributed by atoms with Crippen molar-refractivity contribution in [2.75, 3.05) is 5.73 Å². The molecule has 2 unspecified atom stereocenters. The van der Waals surface area contributed by atoms with Gasteiger partial charge in [-0.3, -0.25) is 0 Å². The summed E-state index contributed by atoms with van der Waals surface area (Å²) in [5, 5.41) is 12.1. The zero-order chi connectivity index (χ0) is 14.7. The number of tetrazole rings is 1. The second-order valence-electron chi connectivity index (χ2n) is 5.62. The average molecular weight is 273 g/mol. The van der Waals surface area contributed by atoms with Gasteiger partial charge in [-0.15, -0.1) is 5.10 Å². The molecule has 0 saturated carbocycles. The molecule has 0 bridgehead atoms. The minimum atomic E-state index is 0.275. The number of benzene rings is 1. The van der Waals surface area contributed by atoms with Crippen LogP contribution in [0.3, 0.4) is 0 Å². The smallest absolute Gasteiger partial charge is 0.182 e. The van der Waals surface area contributed by atoms with Crippen molar-refractivity contribution in [1.29, 1.82) is 0 Å². The highest BCUT2D eigenvalue weighted by atomic mass is 15.5. The van der Waals surface area contributed by atoms with Gasteiger partial charge in [0.15, 0.2) is 5.82 Å². The summed E-state index contributed by atoms with van der Waals surface area (Å²) < 4.78 is 1.90. The van der Waals surface area contributed by atoms with E-state index in [1.54, 1.807) is 0 Å². The number of aromatic nitrogens is 4. The Morgan fingerprint density at radius 1 is 1.30 bits per heavy atom. The monoisotopic (exact) mass is 273 g/mol. The van der Waals surface area contributed by atoms with Gasteiger partial charge in [-0.1, -0.05) is 32.4 Å². The largest absolute Gasteiger partial charge is 0.398 e. The van der Waals surface area contributed by atoms with Gasteiger partial charge in [0.2, 0.25) is 0 Å². The van der Waals surface area contributed by atoms with Gasteiger partial charge < -0.3 is 5.73 Å². The van der Waals surface area contributed by atoms with E-state index in [1.165, 1.54) is 6.42 Å². The third kappa shape index (κ3) is 2.98. The van der Waals surface area contributed by atoms with E-state index in [9.17, 15) is 0 Å². The molecule has 0 aliphatic rings. The number of hydrogen-bond donors (Lipinski definition) is 1. The van der Waals surface area contributed by atoms with Crippen molar-refractivity contribution in [3.05, 3.63) is 23.8 Å². The number of rotatable bonds is 5. The standard InChI is InChI=1S/C15H23N5/c1-5-10(2)8-12(4)20-15(17-18-19-20)13-7-6-11(3)14(16)9-13/h6-7,9-10,12H,5,8,16H2,1-4H3. The number of anilines is 1. The molecule has 0 fully saturated rings. The lowest BCUT2D eigenvalue weighted by Gasteiger charge is -2.17. The number of nitrogen functional groups attached to an aromatic ring is 1. The van der Waals surface area contributed by atoms with Gasteiger partial charge >= 0.3 is 0 Å². The molecule has 0 aliphatic carbocycles. The predicted octanol–water partition coefficient (Wildman–Crippen LogP) is 3.23. The molecule has 108 valence electrons. The van der Waals surface area contributed by atoms with Crippen LogP contribution in [-0.4, -0.2) is 20.2 Å². The van der Waals surface area contributed by atoms with Crippen LogP contribution in [0.4, 0.5) is 5.69 Å². The molecule has 1 aromatic heterocycles. The van der Waals surface area contributed by atoms with E-state index in [0.29, 0.717) is 5.92 Å². The van der Waals surface area contributed by atoms with Crippen molar-refractivity contribution in [1.82, 2.24) is 20.2 Å². The number of nitrogens with two attached hydrogens (primary N) is 1. The lowest BCUT2D eigenvalue weighted by atomic mass is 10.0. The van der Waals surface area contributed by atoms with E-state index in [1.807, 2.05) is 29.8 Å². The van der Waals surface area contributed by atoms with Gasteiger partial charge in [-0.05, 0) is 48.2 Å². The minimum absolute atomic E-state index is 0.275. The van der Waals surface area contributed by atoms with Crippen molar-refractivity contribution in [2.45, 2.75) is 46.6 Å². The highest BCUT2D eigenvalue weighted by Gasteiger charge is 2.16. The molecular formula is C15H23N5. The molecule has 2 rings (SSSR count). The highest BCUT2D eigenvalue weighted by molar-refractivity contribution is 5.63. The first-order valence-electron chi connectivity index (χ1n) is 7.17. The molecule has 0 aliphatic heterocycles. The number of nitrogens with zero attached hydrogens (tertiary/aromatic N) is 4. The van der Waals surface area contributed by atoms with Crippen LogP contribution in [0.2, 0.25) is 0 Å². The summed E-state index contributed by atoms with van der Waals surface area (Å²) in [5.41, 5.74) is 8.78. The Balaban J connectivity index is 2.30. The minimum Gasteiger partial charge on any atom is -0.398 e. The first kappa shape index (κ1) is 14.5. The van der Waals surface area contributed by atoms with Crippen molar-refractivity contribution in [2.24, 2.45) is 5.92 Å². The second kappa shape index (κ2) is 6.03. The van der Waals surface area contributed by atoms with Gasteiger partial charge in [0.25, 0.3) is 0 Å². The molecule has 1 aromatic carbocycles. The van der Waals surface area contributed by atoms with E-state index in [0.717, 1.165) is 29.1 Å². The van der Waals surface area contributed by atoms with Gasteiger partial charge in [-0.2, -0.15) is 0 Å². The molecule has 0 amide bonds. The SMILES string of the molecule is CCC(C)CC(C)n1nnnc1-c1ccc(C)c(N)c1. The van der Waals surface area contributed by atoms with E-state index in [2.05, 4.69) is 36.3 Å². The third-order valence-corrected chi connectivity index (χ3v) is 3.89. The maximum atomic E-state index is 5.98. The Morgan fingerprint density at radius 3 is 2.70 bits per heavy atom. The Morgan fingerprint density at radius 2 is 2.05 bits per heavy atom. The van der Waals surface area contributed by atoms with Gasteiger partial charge in [0, 0.05) is 11.3 Å². The Hall–Kier alpha value is -1.91. The molecule has 20 heavy (non-hydrogen) atoms. The summed E-state index contributed by atoms with van der Waals surface area (Å²) in [6, 6.07) is 6.23. The maximum absolute atomic E-state index is 5.98.